The number of aromatic nitrogens is 4. The summed E-state index contributed by atoms with van der Waals surface area (Å²) in [5, 5.41) is 22.2. The van der Waals surface area contributed by atoms with Crippen LogP contribution in [-0.2, 0) is 0 Å². The molecule has 4 rings (SSSR count). The molecule has 0 bridgehead atoms. The van der Waals surface area contributed by atoms with Crippen LogP contribution >= 0.6 is 0 Å². The van der Waals surface area contributed by atoms with E-state index in [4.69, 9.17) is 4.52 Å². The van der Waals surface area contributed by atoms with Crippen molar-refractivity contribution in [3.63, 3.8) is 0 Å². The molecule has 0 spiro atoms. The Morgan fingerprint density at radius 1 is 1.26 bits per heavy atom. The number of hydrogen-bond acceptors (Lipinski definition) is 7. The second-order valence-electron chi connectivity index (χ2n) is 7.21. The lowest BCUT2D eigenvalue weighted by Gasteiger charge is -2.30. The zero-order chi connectivity index (χ0) is 19.0. The Morgan fingerprint density at radius 2 is 2.04 bits per heavy atom. The summed E-state index contributed by atoms with van der Waals surface area (Å²) in [7, 11) is 2.04. The van der Waals surface area contributed by atoms with Crippen LogP contribution in [0.25, 0.3) is 17.3 Å². The van der Waals surface area contributed by atoms with Crippen LogP contribution < -0.4 is 5.32 Å². The van der Waals surface area contributed by atoms with E-state index in [1.807, 2.05) is 19.2 Å². The Hall–Kier alpha value is -2.71. The van der Waals surface area contributed by atoms with Crippen LogP contribution in [0, 0.1) is 0 Å². The molecule has 2 aromatic heterocycles. The van der Waals surface area contributed by atoms with Gasteiger partial charge in [0.2, 0.25) is 0 Å². The van der Waals surface area contributed by atoms with Gasteiger partial charge in [0.25, 0.3) is 5.89 Å². The van der Waals surface area contributed by atoms with Crippen molar-refractivity contribution in [3.8, 4) is 23.0 Å². The van der Waals surface area contributed by atoms with Gasteiger partial charge in [0.05, 0.1) is 17.9 Å². The standard InChI is InChI=1S/C19H24N6O2/c1-12(2)13-4-6-14(7-5-13)25-11-16(26)17(22-25)19-21-18(23-27-19)15-10-20-8-9-24(15)3/h4-7,11-12,15,20,26H,8-10H2,1-3H3. The molecule has 1 unspecified atom stereocenters. The van der Waals surface area contributed by atoms with Crippen molar-refractivity contribution in [2.75, 3.05) is 26.7 Å². The van der Waals surface area contributed by atoms with Gasteiger partial charge in [-0.3, -0.25) is 4.90 Å². The molecule has 1 aliphatic heterocycles. The summed E-state index contributed by atoms with van der Waals surface area (Å²) in [5.74, 6) is 1.28. The summed E-state index contributed by atoms with van der Waals surface area (Å²) in [6, 6.07) is 8.13. The van der Waals surface area contributed by atoms with Crippen molar-refractivity contribution in [2.45, 2.75) is 25.8 Å². The van der Waals surface area contributed by atoms with Crippen LogP contribution in [0.2, 0.25) is 0 Å². The third-order valence-corrected chi connectivity index (χ3v) is 4.97. The maximum absolute atomic E-state index is 10.3. The van der Waals surface area contributed by atoms with E-state index in [0.29, 0.717) is 11.7 Å². The minimum absolute atomic E-state index is 0.00765. The van der Waals surface area contributed by atoms with E-state index in [1.54, 1.807) is 10.9 Å². The van der Waals surface area contributed by atoms with Gasteiger partial charge < -0.3 is 14.9 Å². The Bertz CT molecular complexity index is 915. The van der Waals surface area contributed by atoms with Crippen LogP contribution in [-0.4, -0.2) is 56.6 Å². The minimum Gasteiger partial charge on any atom is -0.504 e. The summed E-state index contributed by atoms with van der Waals surface area (Å²) < 4.78 is 7.00. The van der Waals surface area contributed by atoms with Gasteiger partial charge in [0, 0.05) is 19.6 Å². The van der Waals surface area contributed by atoms with Gasteiger partial charge in [0.15, 0.2) is 17.3 Å². The smallest absolute Gasteiger partial charge is 0.282 e. The molecule has 8 nitrogen and oxygen atoms in total. The molecule has 3 aromatic rings. The van der Waals surface area contributed by atoms with Crippen LogP contribution in [0.1, 0.15) is 37.2 Å². The van der Waals surface area contributed by atoms with Crippen molar-refractivity contribution in [3.05, 3.63) is 41.9 Å². The highest BCUT2D eigenvalue weighted by Crippen LogP contribution is 2.29. The highest BCUT2D eigenvalue weighted by atomic mass is 16.5. The van der Waals surface area contributed by atoms with Crippen molar-refractivity contribution < 1.29 is 9.63 Å². The van der Waals surface area contributed by atoms with E-state index in [1.165, 1.54) is 5.56 Å². The molecule has 0 aliphatic carbocycles. The van der Waals surface area contributed by atoms with Crippen LogP contribution in [0.15, 0.2) is 35.0 Å². The molecule has 1 aromatic carbocycles. The monoisotopic (exact) mass is 368 g/mol. The molecule has 1 saturated heterocycles. The van der Waals surface area contributed by atoms with Gasteiger partial charge in [-0.1, -0.05) is 31.1 Å². The number of nitrogens with one attached hydrogen (secondary N) is 1. The molecule has 142 valence electrons. The summed E-state index contributed by atoms with van der Waals surface area (Å²) in [4.78, 5) is 6.64. The number of hydrogen-bond donors (Lipinski definition) is 2. The maximum atomic E-state index is 10.3. The van der Waals surface area contributed by atoms with E-state index >= 15 is 0 Å². The quantitative estimate of drug-likeness (QED) is 0.730. The number of nitrogens with zero attached hydrogens (tertiary/aromatic N) is 5. The SMILES string of the molecule is CC(C)c1ccc(-n2cc(O)c(-c3nc(C4CNCCN4C)no3)n2)cc1. The van der Waals surface area contributed by atoms with Gasteiger partial charge in [-0.15, -0.1) is 0 Å². The van der Waals surface area contributed by atoms with Gasteiger partial charge in [0.1, 0.15) is 0 Å². The number of aromatic hydroxyl groups is 1. The van der Waals surface area contributed by atoms with Crippen LogP contribution in [0.4, 0.5) is 0 Å². The van der Waals surface area contributed by atoms with Crippen molar-refractivity contribution in [2.24, 2.45) is 0 Å². The van der Waals surface area contributed by atoms with Crippen LogP contribution in [0.5, 0.6) is 5.75 Å². The minimum atomic E-state index is 0.00765. The van der Waals surface area contributed by atoms with Crippen LogP contribution in [0.3, 0.4) is 0 Å². The number of likely N-dealkylation sites (N-methyl/N-ethyl adjacent to an activating group) is 1. The van der Waals surface area contributed by atoms with Gasteiger partial charge in [-0.25, -0.2) is 4.68 Å². The lowest BCUT2D eigenvalue weighted by atomic mass is 10.0. The van der Waals surface area contributed by atoms with Crippen molar-refractivity contribution in [1.29, 1.82) is 0 Å². The topological polar surface area (TPSA) is 92.2 Å². The third kappa shape index (κ3) is 3.45. The molecule has 1 atom stereocenters. The number of rotatable bonds is 4. The number of benzene rings is 1. The number of piperazine rings is 1. The molecule has 3 heterocycles. The summed E-state index contributed by atoms with van der Waals surface area (Å²) in [6.45, 7) is 6.93. The molecular formula is C19H24N6O2. The fourth-order valence-corrected chi connectivity index (χ4v) is 3.22. The first-order valence-corrected chi connectivity index (χ1v) is 9.17. The first-order chi connectivity index (χ1) is 13.0. The Morgan fingerprint density at radius 3 is 2.74 bits per heavy atom. The molecule has 1 fully saturated rings. The Kier molecular flexibility index (Phi) is 4.67. The summed E-state index contributed by atoms with van der Waals surface area (Å²) in [6.07, 6.45) is 1.55. The highest BCUT2D eigenvalue weighted by molar-refractivity contribution is 5.57. The Labute approximate surface area is 157 Å². The highest BCUT2D eigenvalue weighted by Gasteiger charge is 2.27. The van der Waals surface area contributed by atoms with E-state index in [2.05, 4.69) is 51.4 Å². The zero-order valence-electron chi connectivity index (χ0n) is 15.8. The summed E-state index contributed by atoms with van der Waals surface area (Å²) in [5.41, 5.74) is 2.40. The normalized spacial score (nSPS) is 18.3. The fraction of sp³-hybridized carbons (Fsp3) is 0.421. The lowest BCUT2D eigenvalue weighted by Crippen LogP contribution is -2.44. The average Bonchev–Trinajstić information content (AvgIpc) is 3.29. The second-order valence-corrected chi connectivity index (χ2v) is 7.21. The lowest BCUT2D eigenvalue weighted by molar-refractivity contribution is 0.190. The second kappa shape index (κ2) is 7.13. The molecule has 1 aliphatic rings. The summed E-state index contributed by atoms with van der Waals surface area (Å²) >= 11 is 0. The zero-order valence-corrected chi connectivity index (χ0v) is 15.8. The predicted octanol–water partition coefficient (Wildman–Crippen LogP) is 2.33. The maximum Gasteiger partial charge on any atom is 0.282 e. The van der Waals surface area contributed by atoms with E-state index < -0.39 is 0 Å². The van der Waals surface area contributed by atoms with Gasteiger partial charge in [-0.2, -0.15) is 10.1 Å². The molecule has 0 saturated carbocycles. The first kappa shape index (κ1) is 17.7. The Balaban J connectivity index is 1.60. The van der Waals surface area contributed by atoms with Gasteiger partial charge >= 0.3 is 0 Å². The van der Waals surface area contributed by atoms with Crippen molar-refractivity contribution in [1.82, 2.24) is 30.1 Å². The van der Waals surface area contributed by atoms with E-state index in [9.17, 15) is 5.11 Å². The largest absolute Gasteiger partial charge is 0.504 e. The fourth-order valence-electron chi connectivity index (χ4n) is 3.22. The molecular weight excluding hydrogens is 344 g/mol. The average molecular weight is 368 g/mol. The van der Waals surface area contributed by atoms with Crippen molar-refractivity contribution >= 4 is 0 Å². The molecule has 0 amide bonds. The molecule has 0 radical (unpaired) electrons. The molecule has 27 heavy (non-hydrogen) atoms. The van der Waals surface area contributed by atoms with E-state index in [-0.39, 0.29) is 23.4 Å². The predicted molar refractivity (Wildman–Crippen MR) is 101 cm³/mol. The molecule has 2 N–H and O–H groups in total. The molecule has 8 heteroatoms. The van der Waals surface area contributed by atoms with Gasteiger partial charge in [-0.05, 0) is 30.7 Å². The third-order valence-electron chi connectivity index (χ3n) is 4.97. The first-order valence-electron chi connectivity index (χ1n) is 9.17. The van der Waals surface area contributed by atoms with E-state index in [0.717, 1.165) is 25.3 Å².